The highest BCUT2D eigenvalue weighted by molar-refractivity contribution is 5.66. The fourth-order valence-corrected chi connectivity index (χ4v) is 6.93. The number of carboxylic acid groups (broad SMARTS) is 1. The number of aliphatic carboxylic acids is 1. The van der Waals surface area contributed by atoms with Gasteiger partial charge in [-0.25, -0.2) is 0 Å². The van der Waals surface area contributed by atoms with Crippen LogP contribution in [0.25, 0.3) is 0 Å². The molecule has 3 saturated carbocycles. The van der Waals surface area contributed by atoms with Crippen molar-refractivity contribution in [3.63, 3.8) is 0 Å². The van der Waals surface area contributed by atoms with Crippen LogP contribution in [-0.4, -0.2) is 11.1 Å². The second kappa shape index (κ2) is 5.39. The number of rotatable bonds is 7. The number of hydrogen-bond donors (Lipinski definition) is 1. The molecule has 7 atom stereocenters. The number of unbranched alkanes of at least 4 members (excludes halogenated alkanes) is 3. The number of carbonyl (C=O) groups is 1. The summed E-state index contributed by atoms with van der Waals surface area (Å²) in [6.45, 7) is 2.57. The minimum absolute atomic E-state index is 0.348. The summed E-state index contributed by atoms with van der Waals surface area (Å²) in [5.41, 5.74) is 0.594. The van der Waals surface area contributed by atoms with Crippen molar-refractivity contribution in [2.75, 3.05) is 0 Å². The third kappa shape index (κ3) is 2.25. The molecule has 0 aromatic rings. The number of fused-ring (bicyclic) bond motifs is 9. The molecule has 2 heteroatoms. The molecule has 4 rings (SSSR count). The summed E-state index contributed by atoms with van der Waals surface area (Å²) >= 11 is 0. The lowest BCUT2D eigenvalue weighted by molar-refractivity contribution is -0.137. The molecule has 0 amide bonds. The Morgan fingerprint density at radius 1 is 1.09 bits per heavy atom. The number of allylic oxidation sites excluding steroid dienone is 2. The average Bonchev–Trinajstić information content (AvgIpc) is 3.19. The van der Waals surface area contributed by atoms with E-state index in [2.05, 4.69) is 19.1 Å². The fraction of sp³-hybridized carbons (Fsp3) is 0.850. The minimum Gasteiger partial charge on any atom is -0.481 e. The summed E-state index contributed by atoms with van der Waals surface area (Å²) in [4.78, 5) is 10.5. The zero-order valence-corrected chi connectivity index (χ0v) is 13.8. The van der Waals surface area contributed by atoms with E-state index < -0.39 is 5.97 Å². The normalized spacial score (nSPS) is 47.3. The van der Waals surface area contributed by atoms with Gasteiger partial charge in [0.1, 0.15) is 0 Å². The number of carboxylic acids is 1. The molecule has 122 valence electrons. The lowest BCUT2D eigenvalue weighted by atomic mass is 9.61. The summed E-state index contributed by atoms with van der Waals surface area (Å²) < 4.78 is 0. The van der Waals surface area contributed by atoms with Crippen LogP contribution in [0.15, 0.2) is 12.2 Å². The highest BCUT2D eigenvalue weighted by Crippen LogP contribution is 2.71. The van der Waals surface area contributed by atoms with Crippen LogP contribution < -0.4 is 0 Å². The number of hydrogen-bond acceptors (Lipinski definition) is 1. The topological polar surface area (TPSA) is 37.3 Å². The predicted octanol–water partition coefficient (Wildman–Crippen LogP) is 4.90. The Balaban J connectivity index is 1.29. The van der Waals surface area contributed by atoms with Gasteiger partial charge in [-0.1, -0.05) is 38.3 Å². The van der Waals surface area contributed by atoms with Crippen LogP contribution in [0.2, 0.25) is 0 Å². The van der Waals surface area contributed by atoms with Gasteiger partial charge in [-0.2, -0.15) is 0 Å². The van der Waals surface area contributed by atoms with Gasteiger partial charge in [0.05, 0.1) is 0 Å². The van der Waals surface area contributed by atoms with Crippen molar-refractivity contribution in [3.05, 3.63) is 12.2 Å². The molecule has 3 fully saturated rings. The van der Waals surface area contributed by atoms with E-state index in [0.717, 1.165) is 48.3 Å². The van der Waals surface area contributed by atoms with Crippen molar-refractivity contribution < 1.29 is 9.90 Å². The van der Waals surface area contributed by atoms with Crippen LogP contribution >= 0.6 is 0 Å². The monoisotopic (exact) mass is 302 g/mol. The molecule has 22 heavy (non-hydrogen) atoms. The highest BCUT2D eigenvalue weighted by atomic mass is 16.4. The third-order valence-electron chi connectivity index (χ3n) is 7.66. The minimum atomic E-state index is -0.643. The lowest BCUT2D eigenvalue weighted by Gasteiger charge is -2.44. The first-order chi connectivity index (χ1) is 10.6. The first-order valence-electron chi connectivity index (χ1n) is 9.48. The molecule has 0 aromatic heterocycles. The second-order valence-corrected chi connectivity index (χ2v) is 8.87. The summed E-state index contributed by atoms with van der Waals surface area (Å²) in [7, 11) is 0. The van der Waals surface area contributed by atoms with Crippen molar-refractivity contribution >= 4 is 5.97 Å². The summed E-state index contributed by atoms with van der Waals surface area (Å²) in [5, 5.41) is 8.69. The fourth-order valence-electron chi connectivity index (χ4n) is 6.93. The molecule has 0 saturated heterocycles. The van der Waals surface area contributed by atoms with Crippen molar-refractivity contribution in [1.29, 1.82) is 0 Å². The van der Waals surface area contributed by atoms with E-state index in [1.165, 1.54) is 38.5 Å². The van der Waals surface area contributed by atoms with Crippen LogP contribution in [-0.2, 0) is 4.79 Å². The lowest BCUT2D eigenvalue weighted by Crippen LogP contribution is -2.37. The van der Waals surface area contributed by atoms with E-state index >= 15 is 0 Å². The van der Waals surface area contributed by atoms with Crippen LogP contribution in [0.5, 0.6) is 0 Å². The van der Waals surface area contributed by atoms with E-state index in [0.29, 0.717) is 11.8 Å². The Hall–Kier alpha value is -0.790. The van der Waals surface area contributed by atoms with E-state index in [4.69, 9.17) is 5.11 Å². The quantitative estimate of drug-likeness (QED) is 0.413. The maximum atomic E-state index is 10.5. The Morgan fingerprint density at radius 3 is 2.59 bits per heavy atom. The van der Waals surface area contributed by atoms with Gasteiger partial charge in [0.15, 0.2) is 0 Å². The summed E-state index contributed by atoms with van der Waals surface area (Å²) in [6, 6.07) is 0. The summed E-state index contributed by atoms with van der Waals surface area (Å²) in [6.07, 6.45) is 15.7. The van der Waals surface area contributed by atoms with Gasteiger partial charge in [-0.15, -0.1) is 0 Å². The van der Waals surface area contributed by atoms with Gasteiger partial charge in [-0.3, -0.25) is 4.79 Å². The van der Waals surface area contributed by atoms with Crippen LogP contribution in [0.3, 0.4) is 0 Å². The second-order valence-electron chi connectivity index (χ2n) is 8.87. The van der Waals surface area contributed by atoms with Gasteiger partial charge >= 0.3 is 5.97 Å². The SMILES string of the molecule is CC1(CCCCCCC(=O)O)CC2CC1C1C3C=CC(C3)C21. The largest absolute Gasteiger partial charge is 0.481 e. The van der Waals surface area contributed by atoms with Gasteiger partial charge in [0, 0.05) is 6.42 Å². The first-order valence-corrected chi connectivity index (χ1v) is 9.48. The Bertz CT molecular complexity index is 482. The molecule has 0 aromatic carbocycles. The molecule has 7 unspecified atom stereocenters. The van der Waals surface area contributed by atoms with Gasteiger partial charge in [-0.05, 0) is 73.0 Å². The van der Waals surface area contributed by atoms with Crippen molar-refractivity contribution in [2.24, 2.45) is 40.9 Å². The van der Waals surface area contributed by atoms with E-state index in [1.54, 1.807) is 0 Å². The van der Waals surface area contributed by atoms with Crippen molar-refractivity contribution in [1.82, 2.24) is 0 Å². The molecule has 2 nitrogen and oxygen atoms in total. The van der Waals surface area contributed by atoms with Gasteiger partial charge in [0.2, 0.25) is 0 Å². The molecular weight excluding hydrogens is 272 g/mol. The van der Waals surface area contributed by atoms with Crippen LogP contribution in [0, 0.1) is 40.9 Å². The van der Waals surface area contributed by atoms with Crippen LogP contribution in [0.1, 0.15) is 64.7 Å². The molecule has 4 aliphatic rings. The Kier molecular flexibility index (Phi) is 3.62. The standard InChI is InChI=1S/C20H30O2/c1-20(9-5-3-2-4-6-17(21)22)12-15-11-16(20)19-14-8-7-13(10-14)18(15)19/h7-8,13-16,18-19H,2-6,9-12H2,1H3,(H,21,22). The molecule has 0 aliphatic heterocycles. The first kappa shape index (κ1) is 14.8. The zero-order chi connectivity index (χ0) is 15.3. The van der Waals surface area contributed by atoms with Gasteiger partial charge < -0.3 is 5.11 Å². The molecule has 4 aliphatic carbocycles. The Morgan fingerprint density at radius 2 is 1.82 bits per heavy atom. The van der Waals surface area contributed by atoms with Gasteiger partial charge in [0.25, 0.3) is 0 Å². The van der Waals surface area contributed by atoms with Crippen molar-refractivity contribution in [3.8, 4) is 0 Å². The third-order valence-corrected chi connectivity index (χ3v) is 7.66. The molecule has 1 N–H and O–H groups in total. The smallest absolute Gasteiger partial charge is 0.303 e. The molecule has 0 radical (unpaired) electrons. The molecule has 0 heterocycles. The molecule has 0 spiro atoms. The molecular formula is C20H30O2. The van der Waals surface area contributed by atoms with E-state index in [9.17, 15) is 4.79 Å². The molecule has 4 bridgehead atoms. The van der Waals surface area contributed by atoms with Crippen molar-refractivity contribution in [2.45, 2.75) is 64.7 Å². The summed E-state index contributed by atoms with van der Waals surface area (Å²) in [5.74, 6) is 5.28. The average molecular weight is 302 g/mol. The maximum absolute atomic E-state index is 10.5. The Labute approximate surface area is 134 Å². The predicted molar refractivity (Wildman–Crippen MR) is 87.4 cm³/mol. The van der Waals surface area contributed by atoms with E-state index in [-0.39, 0.29) is 0 Å². The van der Waals surface area contributed by atoms with E-state index in [1.807, 2.05) is 0 Å². The zero-order valence-electron chi connectivity index (χ0n) is 13.8. The maximum Gasteiger partial charge on any atom is 0.303 e. The van der Waals surface area contributed by atoms with Crippen LogP contribution in [0.4, 0.5) is 0 Å². The highest BCUT2D eigenvalue weighted by Gasteiger charge is 2.63.